The molecular formula is C32H42N8O. The predicted octanol–water partition coefficient (Wildman–Crippen LogP) is 5.34. The van der Waals surface area contributed by atoms with Gasteiger partial charge in [0.15, 0.2) is 5.65 Å². The van der Waals surface area contributed by atoms with Gasteiger partial charge in [0.1, 0.15) is 0 Å². The van der Waals surface area contributed by atoms with E-state index >= 15 is 0 Å². The van der Waals surface area contributed by atoms with Crippen LogP contribution in [-0.4, -0.2) is 83.2 Å². The second kappa shape index (κ2) is 11.7. The summed E-state index contributed by atoms with van der Waals surface area (Å²) in [5, 5.41) is 8.02. The number of pyridine rings is 1. The van der Waals surface area contributed by atoms with E-state index in [9.17, 15) is 4.79 Å². The summed E-state index contributed by atoms with van der Waals surface area (Å²) in [5.41, 5.74) is 3.64. The number of nitrogens with one attached hydrogen (secondary N) is 1. The number of anilines is 3. The maximum absolute atomic E-state index is 13.1. The number of amides is 1. The number of benzene rings is 1. The van der Waals surface area contributed by atoms with Crippen molar-refractivity contribution in [2.45, 2.75) is 57.4 Å². The Morgan fingerprint density at radius 2 is 1.78 bits per heavy atom. The summed E-state index contributed by atoms with van der Waals surface area (Å²) in [6.07, 6.45) is 11.3. The molecule has 3 aromatic rings. The van der Waals surface area contributed by atoms with Crippen LogP contribution < -0.4 is 10.2 Å². The van der Waals surface area contributed by atoms with E-state index in [1.165, 1.54) is 25.7 Å². The number of rotatable bonds is 7. The van der Waals surface area contributed by atoms with Gasteiger partial charge in [-0.15, -0.1) is 5.10 Å². The molecule has 0 unspecified atom stereocenters. The van der Waals surface area contributed by atoms with Crippen LogP contribution in [0.4, 0.5) is 17.3 Å². The van der Waals surface area contributed by atoms with Gasteiger partial charge in [-0.25, -0.2) is 11.1 Å². The number of carbonyl (C=O) groups excluding carboxylic acids is 1. The van der Waals surface area contributed by atoms with Gasteiger partial charge in [-0.1, -0.05) is 12.8 Å². The van der Waals surface area contributed by atoms with Gasteiger partial charge >= 0.3 is 0 Å². The molecular weight excluding hydrogens is 512 g/mol. The van der Waals surface area contributed by atoms with Crippen molar-refractivity contribution in [3.8, 4) is 0 Å². The van der Waals surface area contributed by atoms with Crippen molar-refractivity contribution in [2.75, 3.05) is 57.0 Å². The van der Waals surface area contributed by atoms with Crippen molar-refractivity contribution >= 4 is 28.9 Å². The highest BCUT2D eigenvalue weighted by molar-refractivity contribution is 5.94. The molecule has 1 aliphatic carbocycles. The number of likely N-dealkylation sites (tertiary alicyclic amines) is 1. The zero-order valence-corrected chi connectivity index (χ0v) is 24.4. The number of hydrogen-bond acceptors (Lipinski definition) is 6. The summed E-state index contributed by atoms with van der Waals surface area (Å²) in [6.45, 7) is 12.2. The average molecular weight is 555 g/mol. The topological polar surface area (TPSA) is 73.4 Å². The normalized spacial score (nSPS) is 20.3. The summed E-state index contributed by atoms with van der Waals surface area (Å²) in [4.78, 5) is 28.5. The van der Waals surface area contributed by atoms with Gasteiger partial charge in [0, 0.05) is 49.0 Å². The third kappa shape index (κ3) is 5.62. The fraction of sp³-hybridized carbons (Fsp3) is 0.562. The van der Waals surface area contributed by atoms with Gasteiger partial charge in [0.25, 0.3) is 5.91 Å². The first-order valence-electron chi connectivity index (χ1n) is 15.2. The number of aromatic nitrogens is 3. The molecule has 4 heterocycles. The van der Waals surface area contributed by atoms with Gasteiger partial charge in [0.05, 0.1) is 5.69 Å². The molecule has 3 aliphatic rings. The molecule has 9 nitrogen and oxygen atoms in total. The van der Waals surface area contributed by atoms with Crippen LogP contribution >= 0.6 is 0 Å². The first-order valence-corrected chi connectivity index (χ1v) is 15.2. The van der Waals surface area contributed by atoms with E-state index in [2.05, 4.69) is 38.2 Å². The Morgan fingerprint density at radius 1 is 1.07 bits per heavy atom. The monoisotopic (exact) mass is 554 g/mol. The van der Waals surface area contributed by atoms with E-state index in [4.69, 9.17) is 11.6 Å². The summed E-state index contributed by atoms with van der Waals surface area (Å²) >= 11 is 0. The van der Waals surface area contributed by atoms with Gasteiger partial charge < -0.3 is 24.9 Å². The lowest BCUT2D eigenvalue weighted by Gasteiger charge is -2.43. The highest BCUT2D eigenvalue weighted by atomic mass is 16.2. The van der Waals surface area contributed by atoms with Crippen molar-refractivity contribution in [3.05, 3.63) is 59.6 Å². The van der Waals surface area contributed by atoms with Crippen molar-refractivity contribution in [1.82, 2.24) is 24.4 Å². The molecule has 2 aromatic heterocycles. The highest BCUT2D eigenvalue weighted by Crippen LogP contribution is 2.47. The van der Waals surface area contributed by atoms with Crippen molar-refractivity contribution in [3.63, 3.8) is 0 Å². The molecule has 0 radical (unpaired) electrons. The zero-order chi connectivity index (χ0) is 28.4. The molecule has 6 rings (SSSR count). The van der Waals surface area contributed by atoms with Crippen LogP contribution in [0.5, 0.6) is 0 Å². The van der Waals surface area contributed by atoms with E-state index in [0.717, 1.165) is 68.9 Å². The summed E-state index contributed by atoms with van der Waals surface area (Å²) in [7, 11) is 4.06. The van der Waals surface area contributed by atoms with Gasteiger partial charge in [-0.3, -0.25) is 4.79 Å². The summed E-state index contributed by atoms with van der Waals surface area (Å²) < 4.78 is 1.84. The molecule has 9 heteroatoms. The van der Waals surface area contributed by atoms with Crippen LogP contribution in [-0.2, 0) is 0 Å². The number of piperidine rings is 2. The van der Waals surface area contributed by atoms with E-state index in [1.807, 2.05) is 53.0 Å². The third-order valence-corrected chi connectivity index (χ3v) is 10.0. The molecule has 41 heavy (non-hydrogen) atoms. The fourth-order valence-electron chi connectivity index (χ4n) is 7.35. The second-order valence-corrected chi connectivity index (χ2v) is 12.4. The quantitative estimate of drug-likeness (QED) is 0.398. The Balaban J connectivity index is 1.12. The largest absolute Gasteiger partial charge is 0.368 e. The number of fused-ring (bicyclic) bond motifs is 1. The van der Waals surface area contributed by atoms with Crippen LogP contribution in [0.3, 0.4) is 0 Å². The Bertz CT molecular complexity index is 1390. The van der Waals surface area contributed by atoms with Crippen molar-refractivity contribution in [1.29, 1.82) is 0 Å². The minimum Gasteiger partial charge on any atom is -0.368 e. The molecule has 1 aromatic carbocycles. The van der Waals surface area contributed by atoms with E-state index in [-0.39, 0.29) is 11.3 Å². The molecule has 2 saturated heterocycles. The third-order valence-electron chi connectivity index (χ3n) is 10.0. The fourth-order valence-corrected chi connectivity index (χ4v) is 7.35. The number of nitrogens with zero attached hydrogens (tertiary/aromatic N) is 7. The van der Waals surface area contributed by atoms with Crippen molar-refractivity contribution < 1.29 is 4.79 Å². The SMILES string of the molecule is [C-]#[N+]CC1(C2CCCC2)CCN(c2cccn3nc(Nc4ccc(C(=O)N(C)C5CCN(C)CC5)cc4)nc23)CC1. The van der Waals surface area contributed by atoms with Gasteiger partial charge in [0.2, 0.25) is 12.5 Å². The van der Waals surface area contributed by atoms with Crippen LogP contribution in [0.15, 0.2) is 42.6 Å². The molecule has 1 N–H and O–H groups in total. The lowest BCUT2D eigenvalue weighted by Crippen LogP contribution is -2.45. The van der Waals surface area contributed by atoms with Gasteiger partial charge in [-0.2, -0.15) is 4.98 Å². The number of carbonyl (C=O) groups is 1. The molecule has 216 valence electrons. The maximum atomic E-state index is 13.1. The first-order chi connectivity index (χ1) is 20.0. The predicted molar refractivity (Wildman–Crippen MR) is 163 cm³/mol. The summed E-state index contributed by atoms with van der Waals surface area (Å²) in [5.74, 6) is 1.30. The molecule has 0 atom stereocenters. The Labute approximate surface area is 243 Å². The lowest BCUT2D eigenvalue weighted by molar-refractivity contribution is 0.0659. The molecule has 0 spiro atoms. The minimum atomic E-state index is 0.0662. The lowest BCUT2D eigenvalue weighted by atomic mass is 9.68. The van der Waals surface area contributed by atoms with E-state index < -0.39 is 0 Å². The Morgan fingerprint density at radius 3 is 2.46 bits per heavy atom. The molecule has 1 amide bonds. The number of hydrogen-bond donors (Lipinski definition) is 1. The highest BCUT2D eigenvalue weighted by Gasteiger charge is 2.45. The van der Waals surface area contributed by atoms with E-state index in [1.54, 1.807) is 0 Å². The van der Waals surface area contributed by atoms with Crippen LogP contribution in [0, 0.1) is 17.9 Å². The Kier molecular flexibility index (Phi) is 7.85. The average Bonchev–Trinajstić information content (AvgIpc) is 3.69. The van der Waals surface area contributed by atoms with Crippen LogP contribution in [0.25, 0.3) is 10.5 Å². The molecule has 2 aliphatic heterocycles. The molecule has 0 bridgehead atoms. The minimum absolute atomic E-state index is 0.0662. The zero-order valence-electron chi connectivity index (χ0n) is 24.4. The maximum Gasteiger partial charge on any atom is 0.253 e. The Hall–Kier alpha value is -3.64. The second-order valence-electron chi connectivity index (χ2n) is 12.4. The van der Waals surface area contributed by atoms with Crippen LogP contribution in [0.2, 0.25) is 0 Å². The summed E-state index contributed by atoms with van der Waals surface area (Å²) in [6, 6.07) is 12.1. The molecule has 3 fully saturated rings. The smallest absolute Gasteiger partial charge is 0.253 e. The molecule has 1 saturated carbocycles. The van der Waals surface area contributed by atoms with Crippen molar-refractivity contribution in [2.24, 2.45) is 11.3 Å². The van der Waals surface area contributed by atoms with E-state index in [0.29, 0.717) is 30.0 Å². The van der Waals surface area contributed by atoms with Gasteiger partial charge in [-0.05, 0) is 101 Å². The first kappa shape index (κ1) is 27.5. The standard InChI is InChI=1S/C32H42N8O/c1-33-23-32(25-7-4-5-8-25)16-21-39(22-17-32)28-9-6-18-40-29(28)35-31(36-40)34-26-12-10-24(11-13-26)30(41)38(3)27-14-19-37(2)20-15-27/h6,9-13,18,25,27H,4-5,7-8,14-17,19-23H2,2-3H3,(H,34,36). The van der Waals surface area contributed by atoms with Crippen LogP contribution in [0.1, 0.15) is 61.7 Å².